The van der Waals surface area contributed by atoms with Gasteiger partial charge in [-0.15, -0.1) is 0 Å². The zero-order chi connectivity index (χ0) is 14.1. The van der Waals surface area contributed by atoms with Gasteiger partial charge in [0.05, 0.1) is 17.1 Å². The van der Waals surface area contributed by atoms with Crippen LogP contribution in [0.2, 0.25) is 0 Å². The van der Waals surface area contributed by atoms with Crippen molar-refractivity contribution in [3.8, 4) is 6.07 Å². The number of nitrogens with zero attached hydrogens (tertiary/aromatic N) is 3. The third-order valence-corrected chi connectivity index (χ3v) is 4.28. The van der Waals surface area contributed by atoms with E-state index in [0.717, 1.165) is 22.3 Å². The average Bonchev–Trinajstić information content (AvgIpc) is 2.46. The molecule has 0 N–H and O–H groups in total. The Balaban J connectivity index is 2.14. The van der Waals surface area contributed by atoms with E-state index in [1.165, 1.54) is 19.3 Å². The van der Waals surface area contributed by atoms with Crippen LogP contribution in [-0.4, -0.2) is 17.1 Å². The number of pyridine rings is 1. The van der Waals surface area contributed by atoms with E-state index in [2.05, 4.69) is 24.8 Å². The molecule has 2 aromatic rings. The molecular weight excluding hydrogens is 246 g/mol. The highest BCUT2D eigenvalue weighted by molar-refractivity contribution is 5.86. The second kappa shape index (κ2) is 5.13. The number of hydrogen-bond donors (Lipinski definition) is 0. The van der Waals surface area contributed by atoms with Crippen LogP contribution in [0.25, 0.3) is 10.9 Å². The molecule has 0 saturated carbocycles. The van der Waals surface area contributed by atoms with Gasteiger partial charge in [-0.1, -0.05) is 18.2 Å². The Bertz CT molecular complexity index is 661. The minimum absolute atomic E-state index is 0.485. The second-order valence-corrected chi connectivity index (χ2v) is 5.69. The quantitative estimate of drug-likeness (QED) is 0.785. The highest BCUT2D eigenvalue weighted by Gasteiger charge is 2.26. The maximum absolute atomic E-state index is 9.39. The van der Waals surface area contributed by atoms with Gasteiger partial charge in [0, 0.05) is 17.5 Å². The maximum Gasteiger partial charge on any atom is 0.131 e. The number of nitriles is 1. The fourth-order valence-electron chi connectivity index (χ4n) is 3.26. The lowest BCUT2D eigenvalue weighted by Crippen LogP contribution is -2.44. The number of hydrogen-bond acceptors (Lipinski definition) is 3. The van der Waals surface area contributed by atoms with E-state index in [1.807, 2.05) is 30.3 Å². The Morgan fingerprint density at radius 2 is 1.90 bits per heavy atom. The predicted molar refractivity (Wildman–Crippen MR) is 81.7 cm³/mol. The van der Waals surface area contributed by atoms with Gasteiger partial charge < -0.3 is 4.90 Å². The Hall–Kier alpha value is -2.08. The van der Waals surface area contributed by atoms with Crippen LogP contribution in [0.4, 0.5) is 5.82 Å². The van der Waals surface area contributed by atoms with Crippen LogP contribution >= 0.6 is 0 Å². The summed E-state index contributed by atoms with van der Waals surface area (Å²) in [5, 5.41) is 10.3. The van der Waals surface area contributed by atoms with Crippen LogP contribution in [0.1, 0.15) is 38.7 Å². The summed E-state index contributed by atoms with van der Waals surface area (Å²) in [6.45, 7) is 4.50. The normalized spacial score (nSPS) is 22.8. The summed E-state index contributed by atoms with van der Waals surface area (Å²) in [6, 6.07) is 13.1. The van der Waals surface area contributed by atoms with E-state index in [4.69, 9.17) is 4.98 Å². The van der Waals surface area contributed by atoms with Crippen LogP contribution < -0.4 is 4.90 Å². The first-order chi connectivity index (χ1) is 9.70. The zero-order valence-corrected chi connectivity index (χ0v) is 12.0. The van der Waals surface area contributed by atoms with Crippen molar-refractivity contribution in [2.24, 2.45) is 0 Å². The van der Waals surface area contributed by atoms with Crippen molar-refractivity contribution < 1.29 is 0 Å². The second-order valence-electron chi connectivity index (χ2n) is 5.69. The molecular formula is C17H19N3. The van der Waals surface area contributed by atoms with Crippen LogP contribution in [-0.2, 0) is 0 Å². The molecule has 2 atom stereocenters. The fourth-order valence-corrected chi connectivity index (χ4v) is 3.26. The molecule has 3 nitrogen and oxygen atoms in total. The number of benzene rings is 1. The van der Waals surface area contributed by atoms with Crippen molar-refractivity contribution in [1.82, 2.24) is 4.98 Å². The predicted octanol–water partition coefficient (Wildman–Crippen LogP) is 3.87. The summed E-state index contributed by atoms with van der Waals surface area (Å²) in [7, 11) is 0. The van der Waals surface area contributed by atoms with Gasteiger partial charge in [0.2, 0.25) is 0 Å². The van der Waals surface area contributed by atoms with Crippen molar-refractivity contribution in [3.63, 3.8) is 0 Å². The first-order valence-corrected chi connectivity index (χ1v) is 7.29. The molecule has 2 unspecified atom stereocenters. The Kier molecular flexibility index (Phi) is 3.31. The Morgan fingerprint density at radius 3 is 2.60 bits per heavy atom. The van der Waals surface area contributed by atoms with Crippen LogP contribution in [0.15, 0.2) is 30.3 Å². The number of rotatable bonds is 1. The number of aromatic nitrogens is 1. The summed E-state index contributed by atoms with van der Waals surface area (Å²) in [5.74, 6) is 0.944. The molecule has 0 bridgehead atoms. The molecule has 1 aromatic heterocycles. The summed E-state index contributed by atoms with van der Waals surface area (Å²) >= 11 is 0. The molecule has 1 aliphatic heterocycles. The van der Waals surface area contributed by atoms with E-state index in [-0.39, 0.29) is 0 Å². The van der Waals surface area contributed by atoms with Crippen molar-refractivity contribution in [1.29, 1.82) is 5.26 Å². The molecule has 0 spiro atoms. The fraction of sp³-hybridized carbons (Fsp3) is 0.412. The molecule has 20 heavy (non-hydrogen) atoms. The van der Waals surface area contributed by atoms with Gasteiger partial charge in [0.25, 0.3) is 0 Å². The molecule has 0 aliphatic carbocycles. The molecule has 1 aromatic carbocycles. The monoisotopic (exact) mass is 265 g/mol. The van der Waals surface area contributed by atoms with E-state index >= 15 is 0 Å². The Labute approximate surface area is 119 Å². The summed E-state index contributed by atoms with van der Waals surface area (Å²) in [4.78, 5) is 7.15. The van der Waals surface area contributed by atoms with Crippen molar-refractivity contribution in [2.75, 3.05) is 4.90 Å². The van der Waals surface area contributed by atoms with E-state index in [1.54, 1.807) is 0 Å². The maximum atomic E-state index is 9.39. The van der Waals surface area contributed by atoms with Gasteiger partial charge in [-0.25, -0.2) is 4.98 Å². The smallest absolute Gasteiger partial charge is 0.131 e. The van der Waals surface area contributed by atoms with Crippen molar-refractivity contribution in [3.05, 3.63) is 35.9 Å². The highest BCUT2D eigenvalue weighted by atomic mass is 15.2. The lowest BCUT2D eigenvalue weighted by atomic mass is 9.97. The van der Waals surface area contributed by atoms with Crippen molar-refractivity contribution in [2.45, 2.75) is 45.2 Å². The number of anilines is 1. The minimum atomic E-state index is 0.485. The van der Waals surface area contributed by atoms with Gasteiger partial charge in [0.15, 0.2) is 0 Å². The molecule has 0 amide bonds. The number of fused-ring (bicyclic) bond motifs is 1. The lowest BCUT2D eigenvalue weighted by Gasteiger charge is -2.40. The van der Waals surface area contributed by atoms with Gasteiger partial charge in [-0.2, -0.15) is 5.26 Å². The number of para-hydroxylation sites is 1. The summed E-state index contributed by atoms with van der Waals surface area (Å²) in [6.07, 6.45) is 3.67. The molecule has 1 fully saturated rings. The molecule has 3 rings (SSSR count). The first-order valence-electron chi connectivity index (χ1n) is 7.29. The van der Waals surface area contributed by atoms with Crippen LogP contribution in [0.5, 0.6) is 0 Å². The van der Waals surface area contributed by atoms with Crippen LogP contribution in [0.3, 0.4) is 0 Å². The van der Waals surface area contributed by atoms with Gasteiger partial charge in [-0.3, -0.25) is 0 Å². The third kappa shape index (κ3) is 2.12. The molecule has 2 heterocycles. The molecule has 1 aliphatic rings. The van der Waals surface area contributed by atoms with Gasteiger partial charge in [0.1, 0.15) is 5.82 Å². The van der Waals surface area contributed by atoms with E-state index < -0.39 is 0 Å². The topological polar surface area (TPSA) is 39.9 Å². The first kappa shape index (κ1) is 12.9. The largest absolute Gasteiger partial charge is 0.351 e. The summed E-state index contributed by atoms with van der Waals surface area (Å²) in [5.41, 5.74) is 1.63. The van der Waals surface area contributed by atoms with Crippen molar-refractivity contribution >= 4 is 16.7 Å². The Morgan fingerprint density at radius 1 is 1.20 bits per heavy atom. The standard InChI is InChI=1S/C17H19N3/c1-12-6-5-7-13(2)20(12)17-10-14(11-18)15-8-3-4-9-16(15)19-17/h3-4,8-10,12-13H,5-7H2,1-2H3. The van der Waals surface area contributed by atoms with Gasteiger partial charge in [-0.05, 0) is 45.2 Å². The van der Waals surface area contributed by atoms with E-state index in [9.17, 15) is 5.26 Å². The van der Waals surface area contributed by atoms with Gasteiger partial charge >= 0.3 is 0 Å². The minimum Gasteiger partial charge on any atom is -0.351 e. The van der Waals surface area contributed by atoms with E-state index in [0.29, 0.717) is 12.1 Å². The molecule has 102 valence electrons. The van der Waals surface area contributed by atoms with Crippen LogP contribution in [0, 0.1) is 11.3 Å². The lowest BCUT2D eigenvalue weighted by molar-refractivity contribution is 0.411. The summed E-state index contributed by atoms with van der Waals surface area (Å²) < 4.78 is 0. The third-order valence-electron chi connectivity index (χ3n) is 4.28. The molecule has 3 heteroatoms. The zero-order valence-electron chi connectivity index (χ0n) is 12.0. The average molecular weight is 265 g/mol. The number of piperidine rings is 1. The highest BCUT2D eigenvalue weighted by Crippen LogP contribution is 2.30. The molecule has 1 saturated heterocycles. The molecule has 0 radical (unpaired) electrons. The SMILES string of the molecule is CC1CCCC(C)N1c1cc(C#N)c2ccccc2n1.